The molecule has 1 amide bonds. The summed E-state index contributed by atoms with van der Waals surface area (Å²) >= 11 is 0. The number of rotatable bonds is 6. The Bertz CT molecular complexity index is 857. The van der Waals surface area contributed by atoms with Crippen molar-refractivity contribution < 1.29 is 9.69 Å². The van der Waals surface area contributed by atoms with Crippen LogP contribution in [-0.4, -0.2) is 19.5 Å². The van der Waals surface area contributed by atoms with Crippen molar-refractivity contribution in [2.24, 2.45) is 0 Å². The maximum absolute atomic E-state index is 12.5. The van der Waals surface area contributed by atoms with E-state index in [1.807, 2.05) is 49.5 Å². The minimum absolute atomic E-state index is 0.0259. The normalized spacial score (nSPS) is 11.8. The molecule has 3 rings (SSSR count). The van der Waals surface area contributed by atoms with Gasteiger partial charge in [-0.1, -0.05) is 78.4 Å². The third-order valence-corrected chi connectivity index (χ3v) is 4.37. The van der Waals surface area contributed by atoms with Gasteiger partial charge < -0.3 is 10.2 Å². The van der Waals surface area contributed by atoms with Crippen molar-refractivity contribution in [1.29, 1.82) is 0 Å². The Morgan fingerprint density at radius 2 is 1.54 bits per heavy atom. The van der Waals surface area contributed by atoms with Gasteiger partial charge in [0.15, 0.2) is 6.54 Å². The molecule has 1 unspecified atom stereocenters. The number of hydrogen-bond donors (Lipinski definition) is 2. The molecule has 26 heavy (non-hydrogen) atoms. The molecule has 0 aliphatic rings. The minimum atomic E-state index is 0.0259. The third-order valence-electron chi connectivity index (χ3n) is 4.37. The summed E-state index contributed by atoms with van der Waals surface area (Å²) in [5.41, 5.74) is 5.49. The molecule has 132 valence electrons. The highest BCUT2D eigenvalue weighted by atomic mass is 16.2. The van der Waals surface area contributed by atoms with Gasteiger partial charge in [-0.05, 0) is 18.6 Å². The summed E-state index contributed by atoms with van der Waals surface area (Å²) in [6.07, 6.45) is 0. The van der Waals surface area contributed by atoms with Crippen molar-refractivity contribution >= 4 is 11.6 Å². The van der Waals surface area contributed by atoms with Crippen LogP contribution in [0.25, 0.3) is 11.1 Å². The molecule has 3 nitrogen and oxygen atoms in total. The van der Waals surface area contributed by atoms with Gasteiger partial charge in [-0.15, -0.1) is 0 Å². The van der Waals surface area contributed by atoms with Crippen LogP contribution in [-0.2, 0) is 11.3 Å². The lowest BCUT2D eigenvalue weighted by Crippen LogP contribution is -3.08. The average molecular weight is 345 g/mol. The summed E-state index contributed by atoms with van der Waals surface area (Å²) < 4.78 is 0. The van der Waals surface area contributed by atoms with Crippen LogP contribution < -0.4 is 10.2 Å². The molecular formula is C23H25N2O+. The number of nitrogens with one attached hydrogen (secondary N) is 2. The van der Waals surface area contributed by atoms with Crippen molar-refractivity contribution in [1.82, 2.24) is 0 Å². The Hall–Kier alpha value is -2.91. The number of quaternary nitrogens is 1. The molecule has 3 heteroatoms. The topological polar surface area (TPSA) is 33.5 Å². The van der Waals surface area contributed by atoms with E-state index in [0.717, 1.165) is 28.3 Å². The zero-order valence-electron chi connectivity index (χ0n) is 15.3. The molecule has 0 aromatic heterocycles. The molecule has 0 saturated heterocycles. The fourth-order valence-corrected chi connectivity index (χ4v) is 3.05. The van der Waals surface area contributed by atoms with Crippen molar-refractivity contribution in [3.63, 3.8) is 0 Å². The Kier molecular flexibility index (Phi) is 5.82. The Morgan fingerprint density at radius 1 is 0.885 bits per heavy atom. The largest absolute Gasteiger partial charge is 0.326 e. The molecule has 3 aromatic carbocycles. The van der Waals surface area contributed by atoms with Gasteiger partial charge in [-0.25, -0.2) is 0 Å². The fraction of sp³-hybridized carbons (Fsp3) is 0.174. The number of benzene rings is 3. The molecular weight excluding hydrogens is 320 g/mol. The summed E-state index contributed by atoms with van der Waals surface area (Å²) in [5, 5.41) is 3.08. The first-order valence-corrected chi connectivity index (χ1v) is 8.93. The summed E-state index contributed by atoms with van der Waals surface area (Å²) in [7, 11) is 2.04. The van der Waals surface area contributed by atoms with Gasteiger partial charge in [0.05, 0.1) is 7.05 Å². The highest BCUT2D eigenvalue weighted by molar-refractivity contribution is 5.96. The lowest BCUT2D eigenvalue weighted by atomic mass is 10.0. The molecule has 1 atom stereocenters. The molecule has 0 aliphatic carbocycles. The number of likely N-dealkylation sites (N-methyl/N-ethyl adjacent to an activating group) is 1. The van der Waals surface area contributed by atoms with Crippen LogP contribution in [0.4, 0.5) is 5.69 Å². The predicted molar refractivity (Wildman–Crippen MR) is 107 cm³/mol. The van der Waals surface area contributed by atoms with Crippen LogP contribution in [0, 0.1) is 6.92 Å². The van der Waals surface area contributed by atoms with E-state index in [0.29, 0.717) is 6.54 Å². The summed E-state index contributed by atoms with van der Waals surface area (Å²) in [6.45, 7) is 3.34. The molecule has 0 bridgehead atoms. The molecule has 0 spiro atoms. The van der Waals surface area contributed by atoms with E-state index >= 15 is 0 Å². The Balaban J connectivity index is 1.64. The van der Waals surface area contributed by atoms with E-state index in [2.05, 4.69) is 48.6 Å². The van der Waals surface area contributed by atoms with Gasteiger partial charge in [-0.2, -0.15) is 0 Å². The average Bonchev–Trinajstić information content (AvgIpc) is 2.64. The van der Waals surface area contributed by atoms with E-state index < -0.39 is 0 Å². The molecule has 3 aromatic rings. The zero-order chi connectivity index (χ0) is 18.4. The molecule has 2 N–H and O–H groups in total. The molecule has 0 radical (unpaired) electrons. The quantitative estimate of drug-likeness (QED) is 0.706. The lowest BCUT2D eigenvalue weighted by Gasteiger charge is -2.15. The summed E-state index contributed by atoms with van der Waals surface area (Å²) in [4.78, 5) is 13.7. The molecule has 0 aliphatic heterocycles. The van der Waals surface area contributed by atoms with E-state index in [1.54, 1.807) is 0 Å². The fourth-order valence-electron chi connectivity index (χ4n) is 3.05. The number of amides is 1. The first-order valence-electron chi connectivity index (χ1n) is 8.93. The maximum Gasteiger partial charge on any atom is 0.279 e. The van der Waals surface area contributed by atoms with Gasteiger partial charge in [0.2, 0.25) is 0 Å². The zero-order valence-corrected chi connectivity index (χ0v) is 15.3. The Morgan fingerprint density at radius 3 is 2.27 bits per heavy atom. The van der Waals surface area contributed by atoms with Gasteiger partial charge >= 0.3 is 0 Å². The van der Waals surface area contributed by atoms with Crippen molar-refractivity contribution in [2.45, 2.75) is 13.5 Å². The van der Waals surface area contributed by atoms with Crippen molar-refractivity contribution in [3.05, 3.63) is 90.0 Å². The monoisotopic (exact) mass is 345 g/mol. The number of anilines is 1. The van der Waals surface area contributed by atoms with Gasteiger partial charge in [-0.3, -0.25) is 4.79 Å². The smallest absolute Gasteiger partial charge is 0.279 e. The summed E-state index contributed by atoms with van der Waals surface area (Å²) in [5.74, 6) is 0.0259. The van der Waals surface area contributed by atoms with Crippen LogP contribution in [0.5, 0.6) is 0 Å². The SMILES string of the molecule is Cc1ccc(C[NH+](C)CC(=O)Nc2ccccc2-c2ccccc2)cc1. The van der Waals surface area contributed by atoms with Crippen LogP contribution in [0.3, 0.4) is 0 Å². The number of aryl methyl sites for hydroxylation is 1. The highest BCUT2D eigenvalue weighted by Crippen LogP contribution is 2.27. The predicted octanol–water partition coefficient (Wildman–Crippen LogP) is 3.32. The van der Waals surface area contributed by atoms with Crippen molar-refractivity contribution in [2.75, 3.05) is 18.9 Å². The lowest BCUT2D eigenvalue weighted by molar-refractivity contribution is -0.885. The number of hydrogen-bond acceptors (Lipinski definition) is 1. The second-order valence-electron chi connectivity index (χ2n) is 6.76. The minimum Gasteiger partial charge on any atom is -0.326 e. The standard InChI is InChI=1S/C23H24N2O/c1-18-12-14-19(15-13-18)16-25(2)17-23(26)24-22-11-7-6-10-21(22)20-8-4-3-5-9-20/h3-15H,16-17H2,1-2H3,(H,24,26)/p+1. The van der Waals surface area contributed by atoms with Gasteiger partial charge in [0, 0.05) is 16.8 Å². The van der Waals surface area contributed by atoms with Gasteiger partial charge in [0.25, 0.3) is 5.91 Å². The van der Waals surface area contributed by atoms with E-state index in [4.69, 9.17) is 0 Å². The van der Waals surface area contributed by atoms with E-state index in [-0.39, 0.29) is 5.91 Å². The van der Waals surface area contributed by atoms with Gasteiger partial charge in [0.1, 0.15) is 6.54 Å². The van der Waals surface area contributed by atoms with Crippen molar-refractivity contribution in [3.8, 4) is 11.1 Å². The maximum atomic E-state index is 12.5. The third kappa shape index (κ3) is 4.80. The van der Waals surface area contributed by atoms with E-state index in [9.17, 15) is 4.79 Å². The summed E-state index contributed by atoms with van der Waals surface area (Å²) in [6, 6.07) is 26.5. The highest BCUT2D eigenvalue weighted by Gasteiger charge is 2.13. The first-order chi connectivity index (χ1) is 12.6. The molecule has 0 saturated carbocycles. The van der Waals surface area contributed by atoms with Crippen LogP contribution in [0.15, 0.2) is 78.9 Å². The molecule has 0 fully saturated rings. The number of para-hydroxylation sites is 1. The Labute approximate surface area is 155 Å². The number of carbonyl (C=O) groups excluding carboxylic acids is 1. The van der Waals surface area contributed by atoms with E-state index in [1.165, 1.54) is 11.1 Å². The molecule has 0 heterocycles. The van der Waals surface area contributed by atoms with Crippen LogP contribution in [0.1, 0.15) is 11.1 Å². The number of carbonyl (C=O) groups is 1. The van der Waals surface area contributed by atoms with Crippen LogP contribution in [0.2, 0.25) is 0 Å². The van der Waals surface area contributed by atoms with Crippen LogP contribution >= 0.6 is 0 Å². The second-order valence-corrected chi connectivity index (χ2v) is 6.76. The first kappa shape index (κ1) is 17.9. The second kappa shape index (κ2) is 8.45.